The fourth-order valence-electron chi connectivity index (χ4n) is 2.56. The number of rotatable bonds is 5. The summed E-state index contributed by atoms with van der Waals surface area (Å²) >= 11 is 0. The quantitative estimate of drug-likeness (QED) is 0.908. The summed E-state index contributed by atoms with van der Waals surface area (Å²) in [7, 11) is 1.84. The molecule has 21 heavy (non-hydrogen) atoms. The second-order valence-corrected chi connectivity index (χ2v) is 5.49. The Hall–Kier alpha value is -1.10. The fraction of sp³-hybridized carbons (Fsp3) is 0.562. The van der Waals surface area contributed by atoms with Crippen LogP contribution in [0, 0.1) is 5.92 Å². The van der Waals surface area contributed by atoms with Gasteiger partial charge in [-0.05, 0) is 30.7 Å². The number of likely N-dealkylation sites (N-methyl/N-ethyl adjacent to an activating group) is 1. The second kappa shape index (κ2) is 9.03. The average molecular weight is 313 g/mol. The van der Waals surface area contributed by atoms with E-state index in [4.69, 9.17) is 10.5 Å². The Bertz CT molecular complexity index is 422. The first-order chi connectivity index (χ1) is 9.68. The van der Waals surface area contributed by atoms with Crippen molar-refractivity contribution in [1.82, 2.24) is 4.90 Å². The van der Waals surface area contributed by atoms with Crippen LogP contribution in [0.1, 0.15) is 30.9 Å². The van der Waals surface area contributed by atoms with Gasteiger partial charge in [-0.15, -0.1) is 12.4 Å². The minimum atomic E-state index is -0.559. The third-order valence-electron chi connectivity index (χ3n) is 4.01. The Labute approximate surface area is 133 Å². The molecule has 1 saturated heterocycles. The number of carbonyl (C=O) groups excluding carboxylic acids is 1. The third kappa shape index (κ3) is 5.30. The largest absolute Gasteiger partial charge is 0.381 e. The highest BCUT2D eigenvalue weighted by atomic mass is 35.5. The topological polar surface area (TPSA) is 55.6 Å². The van der Waals surface area contributed by atoms with E-state index in [0.717, 1.165) is 44.6 Å². The van der Waals surface area contributed by atoms with Gasteiger partial charge in [-0.1, -0.05) is 30.3 Å². The van der Waals surface area contributed by atoms with E-state index < -0.39 is 6.04 Å². The third-order valence-corrected chi connectivity index (χ3v) is 4.01. The molecule has 1 aliphatic rings. The lowest BCUT2D eigenvalue weighted by Gasteiger charge is -2.26. The van der Waals surface area contributed by atoms with Gasteiger partial charge in [-0.3, -0.25) is 4.79 Å². The van der Waals surface area contributed by atoms with E-state index in [1.165, 1.54) is 0 Å². The molecular weight excluding hydrogens is 288 g/mol. The van der Waals surface area contributed by atoms with E-state index in [1.807, 2.05) is 37.4 Å². The molecule has 5 heteroatoms. The Kier molecular flexibility index (Phi) is 7.72. The van der Waals surface area contributed by atoms with Gasteiger partial charge in [0.25, 0.3) is 0 Å². The van der Waals surface area contributed by atoms with Crippen LogP contribution in [0.5, 0.6) is 0 Å². The normalized spacial score (nSPS) is 16.9. The molecule has 1 atom stereocenters. The maximum Gasteiger partial charge on any atom is 0.243 e. The molecule has 1 aromatic carbocycles. The fourth-order valence-corrected chi connectivity index (χ4v) is 2.56. The molecule has 1 aromatic rings. The van der Waals surface area contributed by atoms with E-state index in [0.29, 0.717) is 5.92 Å². The van der Waals surface area contributed by atoms with Gasteiger partial charge >= 0.3 is 0 Å². The Balaban J connectivity index is 0.00000220. The Morgan fingerprint density at radius 1 is 1.33 bits per heavy atom. The van der Waals surface area contributed by atoms with Crippen LogP contribution in [-0.4, -0.2) is 37.6 Å². The molecule has 0 aliphatic carbocycles. The molecule has 1 amide bonds. The second-order valence-electron chi connectivity index (χ2n) is 5.49. The van der Waals surface area contributed by atoms with Gasteiger partial charge in [0.2, 0.25) is 5.91 Å². The number of halogens is 1. The summed E-state index contributed by atoms with van der Waals surface area (Å²) in [5, 5.41) is 0. The summed E-state index contributed by atoms with van der Waals surface area (Å²) in [6, 6.07) is 8.98. The first kappa shape index (κ1) is 18.0. The monoisotopic (exact) mass is 312 g/mol. The molecule has 0 radical (unpaired) electrons. The molecule has 0 aromatic heterocycles. The van der Waals surface area contributed by atoms with E-state index in [9.17, 15) is 4.79 Å². The van der Waals surface area contributed by atoms with E-state index in [1.54, 1.807) is 4.90 Å². The Morgan fingerprint density at radius 3 is 2.57 bits per heavy atom. The minimum Gasteiger partial charge on any atom is -0.381 e. The van der Waals surface area contributed by atoms with Crippen molar-refractivity contribution in [3.63, 3.8) is 0 Å². The number of hydrogen-bond acceptors (Lipinski definition) is 3. The van der Waals surface area contributed by atoms with Crippen LogP contribution in [0.15, 0.2) is 30.3 Å². The van der Waals surface area contributed by atoms with E-state index in [-0.39, 0.29) is 18.3 Å². The lowest BCUT2D eigenvalue weighted by atomic mass is 9.96. The average Bonchev–Trinajstić information content (AvgIpc) is 2.53. The van der Waals surface area contributed by atoms with Gasteiger partial charge in [0, 0.05) is 26.8 Å². The first-order valence-corrected chi connectivity index (χ1v) is 7.31. The van der Waals surface area contributed by atoms with E-state index >= 15 is 0 Å². The molecule has 118 valence electrons. The zero-order valence-corrected chi connectivity index (χ0v) is 13.3. The van der Waals surface area contributed by atoms with Gasteiger partial charge < -0.3 is 15.4 Å². The van der Waals surface area contributed by atoms with Crippen molar-refractivity contribution >= 4 is 18.3 Å². The highest BCUT2D eigenvalue weighted by molar-refractivity contribution is 5.85. The molecule has 1 heterocycles. The summed E-state index contributed by atoms with van der Waals surface area (Å²) in [6.07, 6.45) is 3.24. The van der Waals surface area contributed by atoms with Crippen LogP contribution < -0.4 is 5.73 Å². The van der Waals surface area contributed by atoms with Crippen LogP contribution in [0.2, 0.25) is 0 Å². The number of hydrogen-bond donors (Lipinski definition) is 1. The van der Waals surface area contributed by atoms with Crippen molar-refractivity contribution in [2.24, 2.45) is 11.7 Å². The number of benzene rings is 1. The number of amides is 1. The van der Waals surface area contributed by atoms with Crippen molar-refractivity contribution in [2.45, 2.75) is 25.3 Å². The molecule has 1 aliphatic heterocycles. The molecule has 0 saturated carbocycles. The summed E-state index contributed by atoms with van der Waals surface area (Å²) < 4.78 is 5.35. The van der Waals surface area contributed by atoms with Crippen molar-refractivity contribution in [3.05, 3.63) is 35.9 Å². The predicted octanol–water partition coefficient (Wildman–Crippen LogP) is 2.38. The highest BCUT2D eigenvalue weighted by Crippen LogP contribution is 2.19. The van der Waals surface area contributed by atoms with Gasteiger partial charge in [-0.25, -0.2) is 0 Å². The summed E-state index contributed by atoms with van der Waals surface area (Å²) in [5.41, 5.74) is 6.91. The van der Waals surface area contributed by atoms with Gasteiger partial charge in [0.1, 0.15) is 6.04 Å². The van der Waals surface area contributed by atoms with Crippen molar-refractivity contribution in [1.29, 1.82) is 0 Å². The van der Waals surface area contributed by atoms with Gasteiger partial charge in [-0.2, -0.15) is 0 Å². The number of ether oxygens (including phenoxy) is 1. The molecular formula is C16H25ClN2O2. The maximum absolute atomic E-state index is 12.3. The first-order valence-electron chi connectivity index (χ1n) is 7.31. The molecule has 2 N–H and O–H groups in total. The van der Waals surface area contributed by atoms with Gasteiger partial charge in [0.05, 0.1) is 0 Å². The van der Waals surface area contributed by atoms with Gasteiger partial charge in [0.15, 0.2) is 0 Å². The van der Waals surface area contributed by atoms with Crippen molar-refractivity contribution in [3.8, 4) is 0 Å². The standard InChI is InChI=1S/C16H24N2O2.ClH/c1-18(10-7-13-8-11-20-12-9-13)16(19)15(17)14-5-3-2-4-6-14;/h2-6,13,15H,7-12,17H2,1H3;1H. The zero-order chi connectivity index (χ0) is 14.4. The van der Waals surface area contributed by atoms with Crippen molar-refractivity contribution < 1.29 is 9.53 Å². The lowest BCUT2D eigenvalue weighted by Crippen LogP contribution is -2.37. The molecule has 4 nitrogen and oxygen atoms in total. The lowest BCUT2D eigenvalue weighted by molar-refractivity contribution is -0.131. The zero-order valence-electron chi connectivity index (χ0n) is 12.5. The van der Waals surface area contributed by atoms with Crippen LogP contribution in [0.25, 0.3) is 0 Å². The van der Waals surface area contributed by atoms with Crippen LogP contribution in [-0.2, 0) is 9.53 Å². The van der Waals surface area contributed by atoms with Crippen LogP contribution >= 0.6 is 12.4 Å². The predicted molar refractivity (Wildman–Crippen MR) is 86.4 cm³/mol. The number of nitrogens with two attached hydrogens (primary N) is 1. The van der Waals surface area contributed by atoms with Crippen LogP contribution in [0.3, 0.4) is 0 Å². The maximum atomic E-state index is 12.3. The number of nitrogens with zero attached hydrogens (tertiary/aromatic N) is 1. The SMILES string of the molecule is CN(CCC1CCOCC1)C(=O)C(N)c1ccccc1.Cl. The molecule has 1 unspecified atom stereocenters. The number of carbonyl (C=O) groups is 1. The molecule has 1 fully saturated rings. The Morgan fingerprint density at radius 2 is 1.95 bits per heavy atom. The molecule has 0 bridgehead atoms. The molecule has 2 rings (SSSR count). The molecule has 0 spiro atoms. The minimum absolute atomic E-state index is 0. The summed E-state index contributed by atoms with van der Waals surface area (Å²) in [5.74, 6) is 0.662. The summed E-state index contributed by atoms with van der Waals surface area (Å²) in [4.78, 5) is 14.0. The smallest absolute Gasteiger partial charge is 0.243 e. The van der Waals surface area contributed by atoms with Crippen LogP contribution in [0.4, 0.5) is 0 Å². The van der Waals surface area contributed by atoms with Crippen molar-refractivity contribution in [2.75, 3.05) is 26.8 Å². The summed E-state index contributed by atoms with van der Waals surface area (Å²) in [6.45, 7) is 2.47. The highest BCUT2D eigenvalue weighted by Gasteiger charge is 2.21. The van der Waals surface area contributed by atoms with E-state index in [2.05, 4.69) is 0 Å².